The number of aromatic nitrogens is 3. The number of aliphatic imine (C=N–C) groups is 1. The molecule has 1 unspecified atom stereocenters. The predicted molar refractivity (Wildman–Crippen MR) is 105 cm³/mol. The number of hydrogen-bond acceptors (Lipinski definition) is 6. The molecule has 0 radical (unpaired) electrons. The quantitative estimate of drug-likeness (QED) is 0.755. The van der Waals surface area contributed by atoms with Crippen molar-refractivity contribution in [1.82, 2.24) is 14.6 Å². The van der Waals surface area contributed by atoms with Crippen LogP contribution in [-0.4, -0.2) is 39.9 Å². The van der Waals surface area contributed by atoms with Gasteiger partial charge in [0.15, 0.2) is 0 Å². The summed E-state index contributed by atoms with van der Waals surface area (Å²) in [5, 5.41) is 13.3. The zero-order valence-corrected chi connectivity index (χ0v) is 15.1. The first-order valence-corrected chi connectivity index (χ1v) is 8.66. The van der Waals surface area contributed by atoms with Gasteiger partial charge in [0, 0.05) is 36.5 Å². The molecular weight excluding hydrogens is 354 g/mol. The van der Waals surface area contributed by atoms with E-state index in [2.05, 4.69) is 15.1 Å². The number of carbonyl (C=O) groups excluding carboxylic acids is 1. The summed E-state index contributed by atoms with van der Waals surface area (Å²) in [7, 11) is 1.65. The van der Waals surface area contributed by atoms with Crippen LogP contribution in [0.4, 0.5) is 5.82 Å². The lowest BCUT2D eigenvalue weighted by molar-refractivity contribution is 0.0992. The summed E-state index contributed by atoms with van der Waals surface area (Å²) in [5.41, 5.74) is 8.50. The molecule has 0 aromatic carbocycles. The molecule has 4 rings (SSSR count). The van der Waals surface area contributed by atoms with Crippen LogP contribution in [0.5, 0.6) is 0 Å². The zero-order valence-electron chi connectivity index (χ0n) is 15.1. The van der Waals surface area contributed by atoms with Gasteiger partial charge in [-0.25, -0.2) is 9.50 Å². The van der Waals surface area contributed by atoms with E-state index in [4.69, 9.17) is 11.0 Å². The molecule has 0 bridgehead atoms. The molecule has 8 nitrogen and oxygen atoms in total. The van der Waals surface area contributed by atoms with E-state index >= 15 is 0 Å². The molecule has 3 aromatic rings. The van der Waals surface area contributed by atoms with E-state index in [0.717, 1.165) is 11.1 Å². The Morgan fingerprint density at radius 2 is 2.21 bits per heavy atom. The maximum Gasteiger partial charge on any atom is 0.259 e. The van der Waals surface area contributed by atoms with E-state index in [1.807, 2.05) is 18.2 Å². The fourth-order valence-corrected chi connectivity index (χ4v) is 3.10. The molecule has 2 N–H and O–H groups in total. The number of dihydropyridines is 1. The molecule has 138 valence electrons. The maximum absolute atomic E-state index is 12.9. The number of pyridine rings is 2. The molecule has 4 heterocycles. The highest BCUT2D eigenvalue weighted by Crippen LogP contribution is 2.26. The van der Waals surface area contributed by atoms with Gasteiger partial charge < -0.3 is 5.73 Å². The van der Waals surface area contributed by atoms with Gasteiger partial charge in [-0.1, -0.05) is 6.08 Å². The van der Waals surface area contributed by atoms with Gasteiger partial charge in [0.05, 0.1) is 23.8 Å². The number of anilines is 1. The number of hydrogen-bond donors (Lipinski definition) is 1. The van der Waals surface area contributed by atoms with Gasteiger partial charge in [0.2, 0.25) is 0 Å². The number of amides is 1. The lowest BCUT2D eigenvalue weighted by atomic mass is 9.98. The Morgan fingerprint density at radius 1 is 1.36 bits per heavy atom. The molecule has 1 atom stereocenters. The highest BCUT2D eigenvalue weighted by molar-refractivity contribution is 6.05. The Labute approximate surface area is 161 Å². The smallest absolute Gasteiger partial charge is 0.259 e. The lowest BCUT2D eigenvalue weighted by Gasteiger charge is -2.17. The molecule has 0 saturated carbocycles. The maximum atomic E-state index is 12.9. The van der Waals surface area contributed by atoms with Gasteiger partial charge in [-0.2, -0.15) is 10.4 Å². The van der Waals surface area contributed by atoms with Crippen LogP contribution < -0.4 is 10.6 Å². The number of nitrogens with zero attached hydrogens (tertiary/aromatic N) is 6. The monoisotopic (exact) mass is 371 g/mol. The van der Waals surface area contributed by atoms with Crippen molar-refractivity contribution in [3.8, 4) is 6.07 Å². The summed E-state index contributed by atoms with van der Waals surface area (Å²) >= 11 is 0. The van der Waals surface area contributed by atoms with E-state index in [9.17, 15) is 4.79 Å². The molecule has 3 aromatic heterocycles. The van der Waals surface area contributed by atoms with Crippen molar-refractivity contribution in [3.63, 3.8) is 0 Å². The molecule has 1 aliphatic heterocycles. The number of amidine groups is 1. The summed E-state index contributed by atoms with van der Waals surface area (Å²) in [6.45, 7) is 0.553. The minimum Gasteiger partial charge on any atom is -0.384 e. The van der Waals surface area contributed by atoms with Crippen molar-refractivity contribution in [2.45, 2.75) is 5.92 Å². The van der Waals surface area contributed by atoms with Gasteiger partial charge >= 0.3 is 0 Å². The third-order valence-corrected chi connectivity index (χ3v) is 4.69. The number of rotatable bonds is 3. The highest BCUT2D eigenvalue weighted by atomic mass is 16.2. The third kappa shape index (κ3) is 3.10. The average molecular weight is 371 g/mol. The Kier molecular flexibility index (Phi) is 4.33. The van der Waals surface area contributed by atoms with Gasteiger partial charge in [-0.3, -0.25) is 14.7 Å². The number of nitrogens with two attached hydrogens (primary N) is 1. The van der Waals surface area contributed by atoms with Crippen molar-refractivity contribution >= 4 is 23.1 Å². The number of fused-ring (bicyclic) bond motifs is 1. The van der Waals surface area contributed by atoms with Gasteiger partial charge in [-0.05, 0) is 30.3 Å². The molecule has 0 saturated heterocycles. The Balaban J connectivity index is 1.65. The molecule has 28 heavy (non-hydrogen) atoms. The fourth-order valence-electron chi connectivity index (χ4n) is 3.10. The van der Waals surface area contributed by atoms with Crippen molar-refractivity contribution < 1.29 is 4.79 Å². The van der Waals surface area contributed by atoms with Gasteiger partial charge in [0.25, 0.3) is 5.91 Å². The standard InChI is InChI=1S/C20H17N7O/c1-26(19-5-2-13(9-21)10-24-19)20(28)14-6-7-27-17(8-14)16(12-25-27)15-3-4-18(22)23-11-15/h2-8,10,12,15H,11H2,1H3,(H2,22,23). The van der Waals surface area contributed by atoms with Crippen molar-refractivity contribution in [2.24, 2.45) is 10.7 Å². The highest BCUT2D eigenvalue weighted by Gasteiger charge is 2.19. The molecule has 0 aliphatic carbocycles. The van der Waals surface area contributed by atoms with Crippen LogP contribution in [0.1, 0.15) is 27.4 Å². The number of nitriles is 1. The summed E-state index contributed by atoms with van der Waals surface area (Å²) in [6.07, 6.45) is 8.79. The first-order valence-electron chi connectivity index (χ1n) is 8.66. The fraction of sp³-hybridized carbons (Fsp3) is 0.150. The molecule has 0 spiro atoms. The van der Waals surface area contributed by atoms with E-state index in [-0.39, 0.29) is 11.8 Å². The summed E-state index contributed by atoms with van der Waals surface area (Å²) in [4.78, 5) is 22.8. The largest absolute Gasteiger partial charge is 0.384 e. The SMILES string of the molecule is CN(C(=O)c1ccn2ncc(C3C=CC(N)=NC3)c2c1)c1ccc(C#N)cn1. The van der Waals surface area contributed by atoms with Crippen molar-refractivity contribution in [3.05, 3.63) is 71.7 Å². The normalized spacial score (nSPS) is 15.9. The first-order chi connectivity index (χ1) is 13.6. The molecule has 1 aliphatic rings. The van der Waals surface area contributed by atoms with Crippen LogP contribution in [0, 0.1) is 11.3 Å². The van der Waals surface area contributed by atoms with Crippen LogP contribution in [0.25, 0.3) is 5.52 Å². The van der Waals surface area contributed by atoms with E-state index in [1.165, 1.54) is 11.1 Å². The Morgan fingerprint density at radius 3 is 2.89 bits per heavy atom. The molecule has 8 heteroatoms. The average Bonchev–Trinajstić information content (AvgIpc) is 3.16. The Hall–Kier alpha value is -3.99. The minimum atomic E-state index is -0.201. The van der Waals surface area contributed by atoms with E-state index in [0.29, 0.717) is 29.3 Å². The second-order valence-electron chi connectivity index (χ2n) is 6.46. The minimum absolute atomic E-state index is 0.0630. The predicted octanol–water partition coefficient (Wildman–Crippen LogP) is 1.89. The van der Waals surface area contributed by atoms with E-state index < -0.39 is 0 Å². The molecular formula is C20H17N7O. The lowest BCUT2D eigenvalue weighted by Crippen LogP contribution is -2.27. The molecule has 0 fully saturated rings. The first kappa shape index (κ1) is 17.4. The van der Waals surface area contributed by atoms with Crippen molar-refractivity contribution in [2.75, 3.05) is 18.5 Å². The van der Waals surface area contributed by atoms with Crippen molar-refractivity contribution in [1.29, 1.82) is 5.26 Å². The van der Waals surface area contributed by atoms with Gasteiger partial charge in [-0.15, -0.1) is 0 Å². The summed E-state index contributed by atoms with van der Waals surface area (Å²) < 4.78 is 1.74. The van der Waals surface area contributed by atoms with Crippen LogP contribution in [0.3, 0.4) is 0 Å². The topological polar surface area (TPSA) is 113 Å². The number of carbonyl (C=O) groups is 1. The molecule has 1 amide bonds. The van der Waals surface area contributed by atoms with Crippen LogP contribution in [-0.2, 0) is 0 Å². The van der Waals surface area contributed by atoms with Crippen LogP contribution in [0.2, 0.25) is 0 Å². The zero-order chi connectivity index (χ0) is 19.7. The van der Waals surface area contributed by atoms with Crippen LogP contribution >= 0.6 is 0 Å². The van der Waals surface area contributed by atoms with Crippen LogP contribution in [0.15, 0.2) is 60.0 Å². The van der Waals surface area contributed by atoms with Gasteiger partial charge in [0.1, 0.15) is 17.7 Å². The summed E-state index contributed by atoms with van der Waals surface area (Å²) in [6, 6.07) is 8.83. The Bertz CT molecular complexity index is 1150. The second-order valence-corrected chi connectivity index (χ2v) is 6.46. The van der Waals surface area contributed by atoms with E-state index in [1.54, 1.807) is 48.2 Å². The summed E-state index contributed by atoms with van der Waals surface area (Å²) in [5.74, 6) is 0.846. The second kappa shape index (κ2) is 6.96. The third-order valence-electron chi connectivity index (χ3n) is 4.69.